The first-order valence-electron chi connectivity index (χ1n) is 8.67. The Hall–Kier alpha value is -1.64. The van der Waals surface area contributed by atoms with Crippen LogP contribution in [0.1, 0.15) is 19.4 Å². The molecule has 1 unspecified atom stereocenters. The Labute approximate surface area is 150 Å². The average Bonchev–Trinajstić information content (AvgIpc) is 2.72. The highest BCUT2D eigenvalue weighted by Crippen LogP contribution is 2.26. The Morgan fingerprint density at radius 2 is 1.88 bits per heavy atom. The van der Waals surface area contributed by atoms with Crippen molar-refractivity contribution in [2.24, 2.45) is 0 Å². The molecule has 0 bridgehead atoms. The minimum atomic E-state index is -1.20. The molecule has 26 heavy (non-hydrogen) atoms. The fraction of sp³-hybridized carbons (Fsp3) is 0.611. The molecule has 0 aromatic heterocycles. The third-order valence-corrected chi connectivity index (χ3v) is 4.80. The summed E-state index contributed by atoms with van der Waals surface area (Å²) >= 11 is 0. The van der Waals surface area contributed by atoms with Gasteiger partial charge in [0, 0.05) is 37.3 Å². The van der Waals surface area contributed by atoms with Crippen LogP contribution in [0.15, 0.2) is 12.1 Å². The molecule has 2 heterocycles. The quantitative estimate of drug-likeness (QED) is 0.761. The topological polar surface area (TPSA) is 42.0 Å². The molecular weight excluding hydrogens is 349 g/mol. The minimum Gasteiger partial charge on any atom is -0.369 e. The van der Waals surface area contributed by atoms with Crippen LogP contribution in [0.4, 0.5) is 13.2 Å². The number of carbonyl (C=O) groups excluding carboxylic acids is 1. The maximum Gasteiger partial charge on any atom is 0.248 e. The number of rotatable bonds is 3. The van der Waals surface area contributed by atoms with Gasteiger partial charge in [-0.15, -0.1) is 0 Å². The van der Waals surface area contributed by atoms with Crippen LogP contribution < -0.4 is 0 Å². The van der Waals surface area contributed by atoms with Crippen LogP contribution in [-0.4, -0.2) is 66.8 Å². The Morgan fingerprint density at radius 1 is 1.15 bits per heavy atom. The number of ether oxygens (including phenoxy) is 2. The van der Waals surface area contributed by atoms with Crippen molar-refractivity contribution in [3.05, 3.63) is 35.1 Å². The third-order valence-electron chi connectivity index (χ3n) is 4.80. The summed E-state index contributed by atoms with van der Waals surface area (Å²) < 4.78 is 52.0. The molecule has 1 aromatic carbocycles. The SMILES string of the molecule is CC(C)N1CC2(COCC1=O)CN(Cc1cc(F)c(F)cc1F)CCO2. The Bertz CT molecular complexity index is 686. The number of halogens is 3. The highest BCUT2D eigenvalue weighted by atomic mass is 19.2. The molecule has 1 amide bonds. The number of benzene rings is 1. The molecule has 2 saturated heterocycles. The van der Waals surface area contributed by atoms with E-state index in [4.69, 9.17) is 9.47 Å². The van der Waals surface area contributed by atoms with E-state index < -0.39 is 23.1 Å². The second-order valence-electron chi connectivity index (χ2n) is 7.21. The van der Waals surface area contributed by atoms with Crippen molar-refractivity contribution in [2.45, 2.75) is 32.0 Å². The zero-order chi connectivity index (χ0) is 18.9. The van der Waals surface area contributed by atoms with E-state index in [9.17, 15) is 18.0 Å². The van der Waals surface area contributed by atoms with Gasteiger partial charge in [-0.3, -0.25) is 9.69 Å². The molecule has 2 aliphatic rings. The van der Waals surface area contributed by atoms with E-state index in [0.717, 1.165) is 6.07 Å². The number of hydrogen-bond acceptors (Lipinski definition) is 4. The molecule has 5 nitrogen and oxygen atoms in total. The van der Waals surface area contributed by atoms with Crippen molar-refractivity contribution in [3.63, 3.8) is 0 Å². The second kappa shape index (κ2) is 7.54. The zero-order valence-electron chi connectivity index (χ0n) is 14.9. The summed E-state index contributed by atoms with van der Waals surface area (Å²) in [4.78, 5) is 15.8. The standard InChI is InChI=1S/C18H23F3N2O3/c1-12(2)23-10-18(11-25-8-17(23)24)9-22(3-4-26-18)7-13-5-15(20)16(21)6-14(13)19/h5-6,12H,3-4,7-11H2,1-2H3. The molecule has 0 radical (unpaired) electrons. The van der Waals surface area contributed by atoms with Gasteiger partial charge in [-0.05, 0) is 19.9 Å². The van der Waals surface area contributed by atoms with Gasteiger partial charge in [0.25, 0.3) is 0 Å². The summed E-state index contributed by atoms with van der Waals surface area (Å²) in [6.45, 7) is 5.92. The minimum absolute atomic E-state index is 0.00108. The van der Waals surface area contributed by atoms with E-state index in [1.165, 1.54) is 0 Å². The number of carbonyl (C=O) groups is 1. The van der Waals surface area contributed by atoms with E-state index >= 15 is 0 Å². The van der Waals surface area contributed by atoms with Crippen LogP contribution in [0.5, 0.6) is 0 Å². The molecule has 2 fully saturated rings. The van der Waals surface area contributed by atoms with E-state index in [0.29, 0.717) is 32.3 Å². The van der Waals surface area contributed by atoms with E-state index in [-0.39, 0.29) is 37.3 Å². The fourth-order valence-electron chi connectivity index (χ4n) is 3.49. The van der Waals surface area contributed by atoms with Gasteiger partial charge in [0.1, 0.15) is 18.0 Å². The first-order valence-corrected chi connectivity index (χ1v) is 8.67. The van der Waals surface area contributed by atoms with Gasteiger partial charge in [0.2, 0.25) is 5.91 Å². The predicted octanol–water partition coefficient (Wildman–Crippen LogP) is 1.94. The van der Waals surface area contributed by atoms with Crippen molar-refractivity contribution in [1.29, 1.82) is 0 Å². The summed E-state index contributed by atoms with van der Waals surface area (Å²) in [7, 11) is 0. The first kappa shape index (κ1) is 19.1. The first-order chi connectivity index (χ1) is 12.3. The van der Waals surface area contributed by atoms with Gasteiger partial charge in [-0.1, -0.05) is 0 Å². The highest BCUT2D eigenvalue weighted by molar-refractivity contribution is 5.78. The van der Waals surface area contributed by atoms with Crippen LogP contribution in [0.25, 0.3) is 0 Å². The van der Waals surface area contributed by atoms with Crippen molar-refractivity contribution >= 4 is 5.91 Å². The lowest BCUT2D eigenvalue weighted by Crippen LogP contribution is -2.59. The molecule has 1 atom stereocenters. The zero-order valence-corrected chi connectivity index (χ0v) is 14.9. The molecule has 0 N–H and O–H groups in total. The molecule has 2 aliphatic heterocycles. The summed E-state index contributed by atoms with van der Waals surface area (Å²) in [6, 6.07) is 1.46. The van der Waals surface area contributed by atoms with E-state index in [1.807, 2.05) is 18.7 Å². The smallest absolute Gasteiger partial charge is 0.248 e. The van der Waals surface area contributed by atoms with E-state index in [2.05, 4.69) is 0 Å². The summed E-state index contributed by atoms with van der Waals surface area (Å²) in [6.07, 6.45) is 0. The van der Waals surface area contributed by atoms with Crippen LogP contribution in [0, 0.1) is 17.5 Å². The normalized spacial score (nSPS) is 25.2. The third kappa shape index (κ3) is 4.02. The van der Waals surface area contributed by atoms with Crippen LogP contribution in [-0.2, 0) is 20.8 Å². The molecule has 0 aliphatic carbocycles. The van der Waals surface area contributed by atoms with Gasteiger partial charge in [-0.25, -0.2) is 13.2 Å². The van der Waals surface area contributed by atoms with E-state index in [1.54, 1.807) is 4.90 Å². The molecule has 144 valence electrons. The van der Waals surface area contributed by atoms with Crippen molar-refractivity contribution in [2.75, 3.05) is 39.5 Å². The second-order valence-corrected chi connectivity index (χ2v) is 7.21. The molecule has 1 aromatic rings. The monoisotopic (exact) mass is 372 g/mol. The van der Waals surface area contributed by atoms with Gasteiger partial charge in [0.15, 0.2) is 11.6 Å². The molecule has 0 saturated carbocycles. The Morgan fingerprint density at radius 3 is 2.62 bits per heavy atom. The molecular formula is C18H23F3N2O3. The fourth-order valence-corrected chi connectivity index (χ4v) is 3.49. The van der Waals surface area contributed by atoms with Crippen LogP contribution in [0.3, 0.4) is 0 Å². The van der Waals surface area contributed by atoms with Gasteiger partial charge in [0.05, 0.1) is 19.8 Å². The lowest BCUT2D eigenvalue weighted by molar-refractivity contribution is -0.147. The highest BCUT2D eigenvalue weighted by Gasteiger charge is 2.42. The molecule has 3 rings (SSSR count). The Balaban J connectivity index is 1.76. The van der Waals surface area contributed by atoms with Gasteiger partial charge < -0.3 is 14.4 Å². The van der Waals surface area contributed by atoms with Gasteiger partial charge in [-0.2, -0.15) is 0 Å². The van der Waals surface area contributed by atoms with Gasteiger partial charge >= 0.3 is 0 Å². The maximum absolute atomic E-state index is 14.0. The predicted molar refractivity (Wildman–Crippen MR) is 87.9 cm³/mol. The van der Waals surface area contributed by atoms with Crippen molar-refractivity contribution in [1.82, 2.24) is 9.80 Å². The summed E-state index contributed by atoms with van der Waals surface area (Å²) in [5.74, 6) is -3.14. The van der Waals surface area contributed by atoms with Crippen LogP contribution in [0.2, 0.25) is 0 Å². The largest absolute Gasteiger partial charge is 0.369 e. The lowest BCUT2D eigenvalue weighted by atomic mass is 10.0. The average molecular weight is 372 g/mol. The molecule has 1 spiro atoms. The summed E-state index contributed by atoms with van der Waals surface area (Å²) in [5.41, 5.74) is -0.628. The number of nitrogens with zero attached hydrogens (tertiary/aromatic N) is 2. The maximum atomic E-state index is 14.0. The Kier molecular flexibility index (Phi) is 5.55. The van der Waals surface area contributed by atoms with Crippen molar-refractivity contribution < 1.29 is 27.4 Å². The lowest BCUT2D eigenvalue weighted by Gasteiger charge is -2.44. The molecule has 8 heteroatoms. The van der Waals surface area contributed by atoms with Crippen LogP contribution >= 0.6 is 0 Å². The number of morpholine rings is 1. The number of hydrogen-bond donors (Lipinski definition) is 0. The number of amides is 1. The van der Waals surface area contributed by atoms with Crippen molar-refractivity contribution in [3.8, 4) is 0 Å². The summed E-state index contributed by atoms with van der Waals surface area (Å²) in [5, 5.41) is 0.